The van der Waals surface area contributed by atoms with Crippen LogP contribution in [0, 0.1) is 0 Å². The van der Waals surface area contributed by atoms with E-state index in [0.717, 1.165) is 12.8 Å². The molecule has 0 aliphatic carbocycles. The maximum absolute atomic E-state index is 12.1. The lowest BCUT2D eigenvalue weighted by molar-refractivity contribution is 0.0306. The van der Waals surface area contributed by atoms with Gasteiger partial charge in [-0.2, -0.15) is 0 Å². The average Bonchev–Trinajstić information content (AvgIpc) is 3.12. The molecule has 0 spiro atoms. The summed E-state index contributed by atoms with van der Waals surface area (Å²) in [6, 6.07) is 3.29. The predicted octanol–water partition coefficient (Wildman–Crippen LogP) is 1.91. The minimum Gasteiger partial charge on any atom is -0.388 e. The summed E-state index contributed by atoms with van der Waals surface area (Å²) in [7, 11) is -3.45. The van der Waals surface area contributed by atoms with Gasteiger partial charge in [0.15, 0.2) is 5.96 Å². The number of guanidine groups is 1. The molecular weight excluding hydrogens is 372 g/mol. The first kappa shape index (κ1) is 22.9. The Morgan fingerprint density at radius 3 is 2.42 bits per heavy atom. The number of hydrogen-bond acceptors (Lipinski definition) is 5. The molecule has 0 fully saturated rings. The summed E-state index contributed by atoms with van der Waals surface area (Å²) in [4.78, 5) is 4.48. The van der Waals surface area contributed by atoms with E-state index in [4.69, 9.17) is 0 Å². The van der Waals surface area contributed by atoms with Gasteiger partial charge >= 0.3 is 0 Å². The van der Waals surface area contributed by atoms with Crippen LogP contribution >= 0.6 is 11.3 Å². The summed E-state index contributed by atoms with van der Waals surface area (Å²) in [5, 5.41) is 18.6. The Balaban J connectivity index is 2.54. The third-order valence-electron chi connectivity index (χ3n) is 3.78. The molecule has 0 unspecified atom stereocenters. The van der Waals surface area contributed by atoms with Crippen molar-refractivity contribution in [1.29, 1.82) is 0 Å². The van der Waals surface area contributed by atoms with E-state index in [-0.39, 0.29) is 6.54 Å². The number of rotatable bonds is 12. The fraction of sp³-hybridized carbons (Fsp3) is 0.706. The number of sulfonamides is 1. The van der Waals surface area contributed by atoms with Gasteiger partial charge < -0.3 is 15.7 Å². The first-order chi connectivity index (χ1) is 12.4. The van der Waals surface area contributed by atoms with Crippen molar-refractivity contribution in [1.82, 2.24) is 15.4 Å². The van der Waals surface area contributed by atoms with Crippen molar-refractivity contribution in [3.05, 3.63) is 17.5 Å². The van der Waals surface area contributed by atoms with Crippen LogP contribution in [0.1, 0.15) is 46.5 Å². The average molecular weight is 405 g/mol. The standard InChI is InChI=1S/C17H32N4O3S2/c1-4-9-17(22,10-5-2)14-20-16(18-6-3)19-11-12-21-26(23,24)15-8-7-13-25-15/h7-8,13,21-22H,4-6,9-12,14H2,1-3H3,(H2,18,19,20). The van der Waals surface area contributed by atoms with Gasteiger partial charge in [0.1, 0.15) is 4.21 Å². The topological polar surface area (TPSA) is 103 Å². The van der Waals surface area contributed by atoms with E-state index in [0.29, 0.717) is 42.6 Å². The zero-order valence-electron chi connectivity index (χ0n) is 15.9. The van der Waals surface area contributed by atoms with Crippen LogP contribution in [0.25, 0.3) is 0 Å². The summed E-state index contributed by atoms with van der Waals surface area (Å²) in [5.74, 6) is 0.577. The van der Waals surface area contributed by atoms with Crippen LogP contribution in [0.2, 0.25) is 0 Å². The Morgan fingerprint density at radius 2 is 1.88 bits per heavy atom. The van der Waals surface area contributed by atoms with Crippen LogP contribution < -0.4 is 15.4 Å². The van der Waals surface area contributed by atoms with Gasteiger partial charge in [0.2, 0.25) is 10.0 Å². The summed E-state index contributed by atoms with van der Waals surface area (Å²) in [6.07, 6.45) is 3.23. The monoisotopic (exact) mass is 404 g/mol. The number of aliphatic imine (C=N–C) groups is 1. The van der Waals surface area contributed by atoms with Crippen LogP contribution in [0.4, 0.5) is 0 Å². The molecule has 0 amide bonds. The van der Waals surface area contributed by atoms with Gasteiger partial charge in [-0.1, -0.05) is 32.8 Å². The fourth-order valence-corrected chi connectivity index (χ4v) is 4.70. The van der Waals surface area contributed by atoms with Gasteiger partial charge in [0.05, 0.1) is 12.1 Å². The lowest BCUT2D eigenvalue weighted by atomic mass is 9.93. The van der Waals surface area contributed by atoms with E-state index >= 15 is 0 Å². The van der Waals surface area contributed by atoms with E-state index in [2.05, 4.69) is 20.3 Å². The molecular formula is C17H32N4O3S2. The van der Waals surface area contributed by atoms with Crippen molar-refractivity contribution in [2.75, 3.05) is 26.2 Å². The maximum atomic E-state index is 12.1. The number of thiophene rings is 1. The van der Waals surface area contributed by atoms with Gasteiger partial charge in [0.25, 0.3) is 0 Å². The highest BCUT2D eigenvalue weighted by molar-refractivity contribution is 7.91. The molecule has 0 saturated heterocycles. The molecule has 0 bridgehead atoms. The Bertz CT molecular complexity index is 624. The van der Waals surface area contributed by atoms with Gasteiger partial charge in [-0.3, -0.25) is 4.99 Å². The molecule has 0 aliphatic heterocycles. The van der Waals surface area contributed by atoms with E-state index in [9.17, 15) is 13.5 Å². The van der Waals surface area contributed by atoms with Crippen LogP contribution in [0.3, 0.4) is 0 Å². The van der Waals surface area contributed by atoms with Crippen molar-refractivity contribution in [3.63, 3.8) is 0 Å². The minimum absolute atomic E-state index is 0.249. The fourth-order valence-electron chi connectivity index (χ4n) is 2.64. The first-order valence-corrected chi connectivity index (χ1v) is 11.5. The van der Waals surface area contributed by atoms with Crippen molar-refractivity contribution >= 4 is 27.3 Å². The Kier molecular flexibility index (Phi) is 10.1. The van der Waals surface area contributed by atoms with E-state index < -0.39 is 15.6 Å². The lowest BCUT2D eigenvalue weighted by Crippen LogP contribution is -2.43. The van der Waals surface area contributed by atoms with Crippen molar-refractivity contribution < 1.29 is 13.5 Å². The van der Waals surface area contributed by atoms with Gasteiger partial charge in [-0.15, -0.1) is 11.3 Å². The molecule has 7 nitrogen and oxygen atoms in total. The highest BCUT2D eigenvalue weighted by atomic mass is 32.2. The van der Waals surface area contributed by atoms with E-state index in [1.54, 1.807) is 17.5 Å². The van der Waals surface area contributed by atoms with Crippen molar-refractivity contribution in [3.8, 4) is 0 Å². The number of nitrogens with one attached hydrogen (secondary N) is 3. The Morgan fingerprint density at radius 1 is 1.19 bits per heavy atom. The molecule has 1 aromatic rings. The van der Waals surface area contributed by atoms with Gasteiger partial charge in [-0.05, 0) is 31.2 Å². The molecule has 0 saturated carbocycles. The molecule has 0 aliphatic rings. The number of aliphatic hydroxyl groups is 1. The summed E-state index contributed by atoms with van der Waals surface area (Å²) in [6.45, 7) is 7.72. The van der Waals surface area contributed by atoms with Gasteiger partial charge in [0, 0.05) is 19.6 Å². The second-order valence-corrected chi connectivity index (χ2v) is 9.12. The molecule has 1 heterocycles. The predicted molar refractivity (Wildman–Crippen MR) is 108 cm³/mol. The summed E-state index contributed by atoms with van der Waals surface area (Å²) < 4.78 is 27.0. The van der Waals surface area contributed by atoms with Crippen LogP contribution in [0.5, 0.6) is 0 Å². The zero-order chi connectivity index (χ0) is 19.5. The largest absolute Gasteiger partial charge is 0.388 e. The van der Waals surface area contributed by atoms with Crippen molar-refractivity contribution in [2.24, 2.45) is 4.99 Å². The Labute approximate surface area is 161 Å². The third kappa shape index (κ3) is 8.03. The number of nitrogens with zero attached hydrogens (tertiary/aromatic N) is 1. The molecule has 4 N–H and O–H groups in total. The second kappa shape index (κ2) is 11.5. The van der Waals surface area contributed by atoms with Crippen LogP contribution in [-0.2, 0) is 10.0 Å². The highest BCUT2D eigenvalue weighted by Gasteiger charge is 2.24. The molecule has 26 heavy (non-hydrogen) atoms. The molecule has 9 heteroatoms. The minimum atomic E-state index is -3.45. The zero-order valence-corrected chi connectivity index (χ0v) is 17.5. The highest BCUT2D eigenvalue weighted by Crippen LogP contribution is 2.19. The van der Waals surface area contributed by atoms with Crippen LogP contribution in [0.15, 0.2) is 26.7 Å². The smallest absolute Gasteiger partial charge is 0.250 e. The molecule has 1 aromatic heterocycles. The molecule has 1 rings (SSSR count). The SMILES string of the molecule is CCCC(O)(CCC)CN=C(NCC)NCCNS(=O)(=O)c1cccs1. The maximum Gasteiger partial charge on any atom is 0.250 e. The Hall–Kier alpha value is -1.16. The summed E-state index contributed by atoms with van der Waals surface area (Å²) >= 11 is 1.19. The molecule has 0 aromatic carbocycles. The molecule has 0 radical (unpaired) electrons. The normalized spacial score (nSPS) is 13.0. The number of hydrogen-bond donors (Lipinski definition) is 4. The summed E-state index contributed by atoms with van der Waals surface area (Å²) in [5.41, 5.74) is -0.785. The third-order valence-corrected chi connectivity index (χ3v) is 6.63. The molecule has 150 valence electrons. The van der Waals surface area contributed by atoms with Crippen LogP contribution in [-0.4, -0.2) is 51.3 Å². The van der Waals surface area contributed by atoms with E-state index in [1.165, 1.54) is 11.3 Å². The molecule has 0 atom stereocenters. The van der Waals surface area contributed by atoms with Crippen molar-refractivity contribution in [2.45, 2.75) is 56.3 Å². The van der Waals surface area contributed by atoms with E-state index in [1.807, 2.05) is 20.8 Å². The first-order valence-electron chi connectivity index (χ1n) is 9.14. The van der Waals surface area contributed by atoms with Gasteiger partial charge in [-0.25, -0.2) is 13.1 Å². The quantitative estimate of drug-likeness (QED) is 0.242. The lowest BCUT2D eigenvalue weighted by Gasteiger charge is -2.26. The second-order valence-electron chi connectivity index (χ2n) is 6.18.